The molecule has 0 aliphatic carbocycles. The van der Waals surface area contributed by atoms with Crippen LogP contribution in [0, 0.1) is 11.3 Å². The van der Waals surface area contributed by atoms with Crippen molar-refractivity contribution in [3.05, 3.63) is 30.3 Å². The van der Waals surface area contributed by atoms with Crippen molar-refractivity contribution >= 4 is 40.5 Å². The molecule has 1 rings (SSSR count). The minimum atomic E-state index is -0.500. The highest BCUT2D eigenvalue weighted by Crippen LogP contribution is 2.03. The predicted molar refractivity (Wildman–Crippen MR) is 82.7 cm³/mol. The average molecular weight is 287 g/mol. The maximum atomic E-state index is 8.63. The van der Waals surface area contributed by atoms with E-state index < -0.39 is 5.17 Å². The van der Waals surface area contributed by atoms with Gasteiger partial charge in [-0.25, -0.2) is 0 Å². The molecule has 1 aromatic carbocycles. The first-order valence-corrected chi connectivity index (χ1v) is 5.09. The molecule has 7 heteroatoms. The first-order valence-electron chi connectivity index (χ1n) is 4.28. The molecule has 1 aromatic rings. The molecule has 0 bridgehead atoms. The van der Waals surface area contributed by atoms with Crippen LogP contribution in [-0.4, -0.2) is 20.6 Å². The van der Waals surface area contributed by atoms with E-state index in [4.69, 9.17) is 15.5 Å². The molecule has 0 aromatic heterocycles. The first-order chi connectivity index (χ1) is 7.93. The summed E-state index contributed by atoms with van der Waals surface area (Å²) in [6, 6.07) is 11.0. The standard InChI is InChI=1S/C7H7NOS.C2H3N.CH3NOS.CH4/c9-7(10)8-6-4-2-1-3-5-6;1-2-3;2-1(3)4;/h1-5H,(H2,8,9,10);1H3;(H3,2,3,4);1H4. The van der Waals surface area contributed by atoms with Crippen LogP contribution in [0.4, 0.5) is 5.69 Å². The smallest absolute Gasteiger partial charge is 0.258 e. The molecule has 5 nitrogen and oxygen atoms in total. The van der Waals surface area contributed by atoms with E-state index in [1.165, 1.54) is 6.92 Å². The van der Waals surface area contributed by atoms with Crippen LogP contribution in [0.15, 0.2) is 30.3 Å². The van der Waals surface area contributed by atoms with Crippen LogP contribution in [-0.2, 0) is 0 Å². The van der Waals surface area contributed by atoms with Crippen molar-refractivity contribution < 1.29 is 10.2 Å². The summed E-state index contributed by atoms with van der Waals surface area (Å²) in [4.78, 5) is 0. The highest BCUT2D eigenvalue weighted by atomic mass is 32.1. The number of nitrogens with one attached hydrogen (secondary N) is 1. The lowest BCUT2D eigenvalue weighted by Crippen LogP contribution is -2.05. The third-order valence-corrected chi connectivity index (χ3v) is 1.13. The number of nitrogens with two attached hydrogens (primary N) is 1. The van der Waals surface area contributed by atoms with E-state index in [-0.39, 0.29) is 12.6 Å². The van der Waals surface area contributed by atoms with E-state index in [0.717, 1.165) is 5.69 Å². The number of anilines is 1. The molecule has 0 saturated carbocycles. The average Bonchev–Trinajstić information content (AvgIpc) is 2.18. The van der Waals surface area contributed by atoms with Gasteiger partial charge in [0.1, 0.15) is 0 Å². The quantitative estimate of drug-likeness (QED) is 0.589. The molecule has 0 aliphatic rings. The summed E-state index contributed by atoms with van der Waals surface area (Å²) in [5.74, 6) is 0. The minimum absolute atomic E-state index is 0. The second-order valence-electron chi connectivity index (χ2n) is 2.36. The fourth-order valence-corrected chi connectivity index (χ4v) is 0.763. The maximum Gasteiger partial charge on any atom is 0.258 e. The third kappa shape index (κ3) is 23.7. The molecule has 0 unspecified atom stereocenters. The van der Waals surface area contributed by atoms with Crippen LogP contribution >= 0.6 is 24.4 Å². The molecule has 0 radical (unpaired) electrons. The highest BCUT2D eigenvalue weighted by Gasteiger charge is 1.89. The third-order valence-electron chi connectivity index (χ3n) is 1.03. The van der Waals surface area contributed by atoms with Crippen molar-refractivity contribution in [2.75, 3.05) is 5.32 Å². The summed E-state index contributed by atoms with van der Waals surface area (Å²) in [5, 5.41) is 25.4. The second kappa shape index (κ2) is 15.1. The Labute approximate surface area is 118 Å². The number of para-hydroxylation sites is 1. The Balaban J connectivity index is -0.000000240. The van der Waals surface area contributed by atoms with Gasteiger partial charge in [0.25, 0.3) is 10.3 Å². The van der Waals surface area contributed by atoms with Gasteiger partial charge in [0.15, 0.2) is 0 Å². The molecule has 5 N–H and O–H groups in total. The van der Waals surface area contributed by atoms with Gasteiger partial charge in [-0.3, -0.25) is 0 Å². The van der Waals surface area contributed by atoms with Crippen LogP contribution in [0.5, 0.6) is 0 Å². The number of rotatable bonds is 1. The molecule has 0 saturated heterocycles. The van der Waals surface area contributed by atoms with Crippen LogP contribution in [0.2, 0.25) is 0 Å². The second-order valence-corrected chi connectivity index (χ2v) is 3.16. The lowest BCUT2D eigenvalue weighted by atomic mass is 10.3. The predicted octanol–water partition coefficient (Wildman–Crippen LogP) is 2.90. The number of nitrogens with zero attached hydrogens (tertiary/aromatic N) is 1. The van der Waals surface area contributed by atoms with Gasteiger partial charge in [0.2, 0.25) is 0 Å². The van der Waals surface area contributed by atoms with Crippen LogP contribution < -0.4 is 11.1 Å². The zero-order chi connectivity index (χ0) is 13.7. The SMILES string of the molecule is C.CC#N.NC(O)=S.OC(=S)Nc1ccccc1. The normalized spacial score (nSPS) is 6.67. The number of hydrogen-bond acceptors (Lipinski definition) is 3. The summed E-state index contributed by atoms with van der Waals surface area (Å²) in [6.07, 6.45) is 0. The van der Waals surface area contributed by atoms with Crippen LogP contribution in [0.1, 0.15) is 14.4 Å². The number of nitriles is 1. The molecule has 0 aliphatic heterocycles. The Bertz CT molecular complexity index is 374. The van der Waals surface area contributed by atoms with Crippen LogP contribution in [0.25, 0.3) is 0 Å². The molecule has 18 heavy (non-hydrogen) atoms. The summed E-state index contributed by atoms with van der Waals surface area (Å²) in [5.41, 5.74) is 5.20. The minimum Gasteiger partial charge on any atom is -0.487 e. The van der Waals surface area contributed by atoms with Crippen molar-refractivity contribution in [3.8, 4) is 6.07 Å². The molecule has 0 amide bonds. The Morgan fingerprint density at radius 2 is 1.61 bits per heavy atom. The van der Waals surface area contributed by atoms with E-state index in [1.54, 1.807) is 6.07 Å². The van der Waals surface area contributed by atoms with Crippen LogP contribution in [0.3, 0.4) is 0 Å². The van der Waals surface area contributed by atoms with Gasteiger partial charge < -0.3 is 21.3 Å². The van der Waals surface area contributed by atoms with Gasteiger partial charge in [-0.15, -0.1) is 0 Å². The number of aliphatic hydroxyl groups is 2. The monoisotopic (exact) mass is 287 g/mol. The van der Waals surface area contributed by atoms with E-state index in [1.807, 2.05) is 30.3 Å². The lowest BCUT2D eigenvalue weighted by molar-refractivity contribution is 0.560. The molecule has 0 atom stereocenters. The topological polar surface area (TPSA) is 102 Å². The van der Waals surface area contributed by atoms with Gasteiger partial charge in [-0.05, 0) is 36.6 Å². The molecule has 0 fully saturated rings. The molecule has 100 valence electrons. The van der Waals surface area contributed by atoms with Gasteiger partial charge in [0, 0.05) is 12.6 Å². The van der Waals surface area contributed by atoms with E-state index >= 15 is 0 Å². The lowest BCUT2D eigenvalue weighted by Gasteiger charge is -1.99. The highest BCUT2D eigenvalue weighted by molar-refractivity contribution is 7.80. The van der Waals surface area contributed by atoms with Gasteiger partial charge in [-0.1, -0.05) is 25.6 Å². The van der Waals surface area contributed by atoms with Gasteiger partial charge >= 0.3 is 0 Å². The Morgan fingerprint density at radius 3 is 1.89 bits per heavy atom. The zero-order valence-corrected chi connectivity index (χ0v) is 10.8. The summed E-state index contributed by atoms with van der Waals surface area (Å²) in [6.45, 7) is 1.43. The maximum absolute atomic E-state index is 8.63. The van der Waals surface area contributed by atoms with E-state index in [9.17, 15) is 0 Å². The zero-order valence-electron chi connectivity index (χ0n) is 9.12. The number of thiocarbonyl (C=S) groups is 2. The number of aliphatic hydroxyl groups excluding tert-OH is 2. The summed E-state index contributed by atoms with van der Waals surface area (Å²) in [7, 11) is 0. The largest absolute Gasteiger partial charge is 0.487 e. The fourth-order valence-electron chi connectivity index (χ4n) is 0.645. The summed E-state index contributed by atoms with van der Waals surface area (Å²) >= 11 is 8.29. The first kappa shape index (κ1) is 21.4. The van der Waals surface area contributed by atoms with Gasteiger partial charge in [-0.2, -0.15) is 5.26 Å². The molecular weight excluding hydrogens is 270 g/mol. The van der Waals surface area contributed by atoms with Crippen molar-refractivity contribution in [2.24, 2.45) is 5.73 Å². The van der Waals surface area contributed by atoms with E-state index in [2.05, 4.69) is 35.5 Å². The molecule has 0 heterocycles. The molecular formula is C11H17N3O2S2. The van der Waals surface area contributed by atoms with Crippen molar-refractivity contribution in [1.82, 2.24) is 0 Å². The van der Waals surface area contributed by atoms with E-state index in [0.29, 0.717) is 0 Å². The van der Waals surface area contributed by atoms with Crippen molar-refractivity contribution in [3.63, 3.8) is 0 Å². The Hall–Kier alpha value is -1.91. The molecule has 0 spiro atoms. The Kier molecular flexibility index (Phi) is 17.9. The fraction of sp³-hybridized carbons (Fsp3) is 0.182. The number of benzene rings is 1. The Morgan fingerprint density at radius 1 is 1.28 bits per heavy atom. The van der Waals surface area contributed by atoms with Crippen molar-refractivity contribution in [1.29, 1.82) is 5.26 Å². The van der Waals surface area contributed by atoms with Crippen molar-refractivity contribution in [2.45, 2.75) is 14.4 Å². The number of hydrogen-bond donors (Lipinski definition) is 4. The van der Waals surface area contributed by atoms with Gasteiger partial charge in [0.05, 0.1) is 6.07 Å². The summed E-state index contributed by atoms with van der Waals surface area (Å²) < 4.78 is 0.